The van der Waals surface area contributed by atoms with Gasteiger partial charge in [0.15, 0.2) is 0 Å². The van der Waals surface area contributed by atoms with E-state index < -0.39 is 0 Å². The Bertz CT molecular complexity index is 1070. The lowest BCUT2D eigenvalue weighted by Gasteiger charge is -2.16. The fourth-order valence-electron chi connectivity index (χ4n) is 3.72. The maximum atomic E-state index is 13.3. The van der Waals surface area contributed by atoms with E-state index in [-0.39, 0.29) is 36.1 Å². The summed E-state index contributed by atoms with van der Waals surface area (Å²) >= 11 is 0. The number of rotatable bonds is 10. The third-order valence-electron chi connectivity index (χ3n) is 5.49. The second kappa shape index (κ2) is 11.1. The monoisotopic (exact) mass is 463 g/mol. The van der Waals surface area contributed by atoms with E-state index in [1.807, 2.05) is 38.1 Å². The molecule has 34 heavy (non-hydrogen) atoms. The molecular formula is C27H33N3O4. The van der Waals surface area contributed by atoms with E-state index in [0.717, 1.165) is 5.69 Å². The van der Waals surface area contributed by atoms with E-state index in [1.165, 1.54) is 17.4 Å². The zero-order valence-corrected chi connectivity index (χ0v) is 20.5. The van der Waals surface area contributed by atoms with Gasteiger partial charge < -0.3 is 15.4 Å². The summed E-state index contributed by atoms with van der Waals surface area (Å²) in [6.45, 7) is 10.3. The quantitative estimate of drug-likeness (QED) is 0.391. The Morgan fingerprint density at radius 3 is 2.09 bits per heavy atom. The Labute approximate surface area is 201 Å². The first kappa shape index (κ1) is 25.2. The highest BCUT2D eigenvalue weighted by Gasteiger charge is 2.38. The molecule has 0 aliphatic carbocycles. The summed E-state index contributed by atoms with van der Waals surface area (Å²) in [7, 11) is 0. The van der Waals surface area contributed by atoms with Crippen molar-refractivity contribution in [2.24, 2.45) is 0 Å². The van der Waals surface area contributed by atoms with Gasteiger partial charge in [0, 0.05) is 31.5 Å². The number of amides is 3. The first-order chi connectivity index (χ1) is 16.2. The van der Waals surface area contributed by atoms with Gasteiger partial charge in [0.25, 0.3) is 11.8 Å². The minimum Gasteiger partial charge on any atom is -0.379 e. The van der Waals surface area contributed by atoms with Crippen molar-refractivity contribution in [3.63, 3.8) is 0 Å². The Morgan fingerprint density at radius 1 is 0.912 bits per heavy atom. The summed E-state index contributed by atoms with van der Waals surface area (Å²) in [6.07, 6.45) is 0.646. The molecule has 1 aliphatic heterocycles. The van der Waals surface area contributed by atoms with Crippen LogP contribution in [0.25, 0.3) is 5.57 Å². The molecule has 1 aliphatic rings. The summed E-state index contributed by atoms with van der Waals surface area (Å²) in [4.78, 5) is 39.3. The van der Waals surface area contributed by atoms with Crippen molar-refractivity contribution in [2.45, 2.75) is 53.1 Å². The van der Waals surface area contributed by atoms with Gasteiger partial charge in [-0.3, -0.25) is 19.3 Å². The van der Waals surface area contributed by atoms with Crippen molar-refractivity contribution in [3.8, 4) is 0 Å². The standard InChI is InChI=1S/C27H33N3O4/c1-17(2)20-7-11-23(12-8-20)29-25-24(21-9-13-22(14-10-21)28-19(5)31)26(32)30(27(25)33)15-6-16-34-18(3)4/h7-14,17-18,29H,6,15-16H2,1-5H3,(H,28,31). The molecule has 0 spiro atoms. The van der Waals surface area contributed by atoms with E-state index in [1.54, 1.807) is 24.3 Å². The molecule has 1 heterocycles. The highest BCUT2D eigenvalue weighted by atomic mass is 16.5. The number of hydrogen-bond acceptors (Lipinski definition) is 5. The average molecular weight is 464 g/mol. The molecule has 3 amide bonds. The first-order valence-electron chi connectivity index (χ1n) is 11.6. The van der Waals surface area contributed by atoms with Crippen LogP contribution in [0.5, 0.6) is 0 Å². The lowest BCUT2D eigenvalue weighted by Crippen LogP contribution is -2.34. The lowest BCUT2D eigenvalue weighted by molar-refractivity contribution is -0.137. The zero-order chi connectivity index (χ0) is 24.8. The molecule has 7 nitrogen and oxygen atoms in total. The molecule has 2 N–H and O–H groups in total. The Hall–Kier alpha value is -3.45. The van der Waals surface area contributed by atoms with E-state index in [0.29, 0.717) is 35.8 Å². The third-order valence-corrected chi connectivity index (χ3v) is 5.49. The van der Waals surface area contributed by atoms with Gasteiger partial charge in [0.1, 0.15) is 5.70 Å². The number of ether oxygens (including phenoxy) is 1. The van der Waals surface area contributed by atoms with E-state index in [9.17, 15) is 14.4 Å². The van der Waals surface area contributed by atoms with Crippen LogP contribution < -0.4 is 10.6 Å². The van der Waals surface area contributed by atoms with Gasteiger partial charge in [-0.15, -0.1) is 0 Å². The molecule has 0 unspecified atom stereocenters. The lowest BCUT2D eigenvalue weighted by atomic mass is 10.0. The van der Waals surface area contributed by atoms with Crippen LogP contribution in [0.4, 0.5) is 11.4 Å². The Kier molecular flexibility index (Phi) is 8.23. The van der Waals surface area contributed by atoms with E-state index in [2.05, 4.69) is 24.5 Å². The van der Waals surface area contributed by atoms with E-state index in [4.69, 9.17) is 4.74 Å². The molecule has 180 valence electrons. The largest absolute Gasteiger partial charge is 0.379 e. The van der Waals surface area contributed by atoms with Crippen LogP contribution in [0.1, 0.15) is 58.1 Å². The van der Waals surface area contributed by atoms with Crippen LogP contribution >= 0.6 is 0 Å². The van der Waals surface area contributed by atoms with Crippen LogP contribution in [-0.4, -0.2) is 41.9 Å². The maximum Gasteiger partial charge on any atom is 0.278 e. The van der Waals surface area contributed by atoms with Crippen LogP contribution in [0.15, 0.2) is 54.2 Å². The highest BCUT2D eigenvalue weighted by molar-refractivity contribution is 6.36. The van der Waals surface area contributed by atoms with Crippen LogP contribution in [-0.2, 0) is 19.1 Å². The smallest absolute Gasteiger partial charge is 0.278 e. The second-order valence-corrected chi connectivity index (χ2v) is 8.95. The van der Waals surface area contributed by atoms with Gasteiger partial charge in [-0.25, -0.2) is 0 Å². The van der Waals surface area contributed by atoms with Gasteiger partial charge in [-0.05, 0) is 61.6 Å². The van der Waals surface area contributed by atoms with Gasteiger partial charge >= 0.3 is 0 Å². The molecule has 2 aromatic carbocycles. The number of anilines is 2. The Morgan fingerprint density at radius 2 is 1.53 bits per heavy atom. The van der Waals surface area contributed by atoms with Crippen LogP contribution in [0.2, 0.25) is 0 Å². The topological polar surface area (TPSA) is 87.7 Å². The van der Waals surface area contributed by atoms with Gasteiger partial charge in [0.2, 0.25) is 5.91 Å². The van der Waals surface area contributed by atoms with Crippen molar-refractivity contribution >= 4 is 34.7 Å². The summed E-state index contributed by atoms with van der Waals surface area (Å²) < 4.78 is 5.57. The van der Waals surface area contributed by atoms with Gasteiger partial charge in [0.05, 0.1) is 11.7 Å². The molecule has 0 saturated carbocycles. The minimum atomic E-state index is -0.358. The number of nitrogens with zero attached hydrogens (tertiary/aromatic N) is 1. The number of nitrogens with one attached hydrogen (secondary N) is 2. The molecular weight excluding hydrogens is 430 g/mol. The van der Waals surface area contributed by atoms with Crippen molar-refractivity contribution in [2.75, 3.05) is 23.8 Å². The van der Waals surface area contributed by atoms with Crippen LogP contribution in [0.3, 0.4) is 0 Å². The third kappa shape index (κ3) is 6.11. The fourth-order valence-corrected chi connectivity index (χ4v) is 3.72. The molecule has 0 bridgehead atoms. The molecule has 0 fully saturated rings. The fraction of sp³-hybridized carbons (Fsp3) is 0.370. The molecule has 3 rings (SSSR count). The second-order valence-electron chi connectivity index (χ2n) is 8.95. The van der Waals surface area contributed by atoms with Gasteiger partial charge in [-0.2, -0.15) is 0 Å². The molecule has 2 aromatic rings. The van der Waals surface area contributed by atoms with E-state index >= 15 is 0 Å². The predicted octanol–water partition coefficient (Wildman–Crippen LogP) is 4.78. The number of carbonyl (C=O) groups excluding carboxylic acids is 3. The average Bonchev–Trinajstić information content (AvgIpc) is 3.01. The van der Waals surface area contributed by atoms with Gasteiger partial charge in [-0.1, -0.05) is 38.1 Å². The Balaban J connectivity index is 1.90. The number of benzene rings is 2. The maximum absolute atomic E-state index is 13.3. The summed E-state index contributed by atoms with van der Waals surface area (Å²) in [6, 6.07) is 14.8. The number of imide groups is 1. The summed E-state index contributed by atoms with van der Waals surface area (Å²) in [5, 5.41) is 5.90. The summed E-state index contributed by atoms with van der Waals surface area (Å²) in [5.41, 5.74) is 3.72. The molecule has 0 aromatic heterocycles. The van der Waals surface area contributed by atoms with Crippen LogP contribution in [0, 0.1) is 0 Å². The normalized spacial score (nSPS) is 13.9. The first-order valence-corrected chi connectivity index (χ1v) is 11.6. The zero-order valence-electron chi connectivity index (χ0n) is 20.5. The highest BCUT2D eigenvalue weighted by Crippen LogP contribution is 2.31. The van der Waals surface area contributed by atoms with Crippen molar-refractivity contribution in [1.82, 2.24) is 4.90 Å². The number of hydrogen-bond donors (Lipinski definition) is 2. The van der Waals surface area contributed by atoms with Crippen molar-refractivity contribution < 1.29 is 19.1 Å². The molecule has 0 atom stereocenters. The minimum absolute atomic E-state index is 0.0897. The predicted molar refractivity (Wildman–Crippen MR) is 134 cm³/mol. The SMILES string of the molecule is CC(=O)Nc1ccc(C2=C(Nc3ccc(C(C)C)cc3)C(=O)N(CCCOC(C)C)C2=O)cc1. The van der Waals surface area contributed by atoms with Crippen molar-refractivity contribution in [3.05, 3.63) is 65.4 Å². The molecule has 7 heteroatoms. The molecule has 0 radical (unpaired) electrons. The number of carbonyl (C=O) groups is 3. The summed E-state index contributed by atoms with van der Waals surface area (Å²) in [5.74, 6) is -0.489. The molecule has 0 saturated heterocycles. The van der Waals surface area contributed by atoms with Crippen molar-refractivity contribution in [1.29, 1.82) is 0 Å².